The third-order valence-electron chi connectivity index (χ3n) is 1.55. The number of benzene rings is 1. The third kappa shape index (κ3) is 1.58. The second kappa shape index (κ2) is 3.31. The minimum absolute atomic E-state index is 0.503. The van der Waals surface area contributed by atoms with Crippen LogP contribution in [0.1, 0.15) is 0 Å². The first-order chi connectivity index (χ1) is 6.20. The lowest BCUT2D eigenvalue weighted by Crippen LogP contribution is -2.05. The number of nitrogens with two attached hydrogens (primary N) is 1. The maximum Gasteiger partial charge on any atom is 0.198 e. The van der Waals surface area contributed by atoms with Crippen molar-refractivity contribution in [2.75, 3.05) is 5.43 Å². The van der Waals surface area contributed by atoms with E-state index in [0.717, 1.165) is 10.2 Å². The number of hydrogen-bond donors (Lipinski definition) is 2. The highest BCUT2D eigenvalue weighted by Crippen LogP contribution is 2.32. The fourth-order valence-electron chi connectivity index (χ4n) is 0.985. The normalized spacial score (nSPS) is 10.7. The lowest BCUT2D eigenvalue weighted by Gasteiger charge is -1.92. The molecule has 0 saturated carbocycles. The Bertz CT molecular complexity index is 415. The molecule has 68 valence electrons. The van der Waals surface area contributed by atoms with Crippen LogP contribution in [0.15, 0.2) is 12.1 Å². The van der Waals surface area contributed by atoms with Crippen molar-refractivity contribution in [3.8, 4) is 0 Å². The van der Waals surface area contributed by atoms with E-state index >= 15 is 0 Å². The van der Waals surface area contributed by atoms with Gasteiger partial charge in [-0.05, 0) is 12.1 Å². The number of nitrogen functional groups attached to an aromatic ring is 1. The Kier molecular flexibility index (Phi) is 2.29. The Balaban J connectivity index is 2.70. The molecule has 0 aliphatic carbocycles. The number of anilines is 1. The quantitative estimate of drug-likeness (QED) is 0.589. The van der Waals surface area contributed by atoms with Crippen LogP contribution >= 0.6 is 34.5 Å². The second-order valence-electron chi connectivity index (χ2n) is 2.40. The average Bonchev–Trinajstić information content (AvgIpc) is 2.48. The SMILES string of the molecule is NNc1nc2cc(Cl)c(Cl)cc2s1. The van der Waals surface area contributed by atoms with Gasteiger partial charge in [0.15, 0.2) is 5.13 Å². The zero-order chi connectivity index (χ0) is 9.42. The standard InChI is InChI=1S/C7H5Cl2N3S/c8-3-1-5-6(2-4(3)9)13-7(11-5)12-10/h1-2H,10H2,(H,11,12). The van der Waals surface area contributed by atoms with Crippen molar-refractivity contribution < 1.29 is 0 Å². The van der Waals surface area contributed by atoms with E-state index in [2.05, 4.69) is 10.4 Å². The van der Waals surface area contributed by atoms with Gasteiger partial charge < -0.3 is 0 Å². The Hall–Kier alpha value is -0.550. The van der Waals surface area contributed by atoms with Crippen molar-refractivity contribution in [1.29, 1.82) is 0 Å². The summed E-state index contributed by atoms with van der Waals surface area (Å²) < 4.78 is 0.961. The highest BCUT2D eigenvalue weighted by atomic mass is 35.5. The summed E-state index contributed by atoms with van der Waals surface area (Å²) in [5, 5.41) is 1.68. The lowest BCUT2D eigenvalue weighted by atomic mass is 10.3. The van der Waals surface area contributed by atoms with Gasteiger partial charge in [-0.2, -0.15) is 0 Å². The highest BCUT2D eigenvalue weighted by molar-refractivity contribution is 7.22. The molecule has 0 aliphatic heterocycles. The van der Waals surface area contributed by atoms with E-state index in [-0.39, 0.29) is 0 Å². The smallest absolute Gasteiger partial charge is 0.198 e. The van der Waals surface area contributed by atoms with Gasteiger partial charge in [0, 0.05) is 0 Å². The maximum atomic E-state index is 5.84. The van der Waals surface area contributed by atoms with Gasteiger partial charge in [-0.3, -0.25) is 5.43 Å². The number of nitrogens with zero attached hydrogens (tertiary/aromatic N) is 1. The second-order valence-corrected chi connectivity index (χ2v) is 4.24. The van der Waals surface area contributed by atoms with Gasteiger partial charge in [0.2, 0.25) is 0 Å². The Morgan fingerprint density at radius 2 is 2.00 bits per heavy atom. The summed E-state index contributed by atoms with van der Waals surface area (Å²) in [6.45, 7) is 0. The van der Waals surface area contributed by atoms with Crippen molar-refractivity contribution in [3.63, 3.8) is 0 Å². The van der Waals surface area contributed by atoms with Gasteiger partial charge in [-0.15, -0.1) is 0 Å². The van der Waals surface area contributed by atoms with Gasteiger partial charge in [-0.1, -0.05) is 34.5 Å². The van der Waals surface area contributed by atoms with Crippen LogP contribution in [0.4, 0.5) is 5.13 Å². The lowest BCUT2D eigenvalue weighted by molar-refractivity contribution is 1.31. The molecular weight excluding hydrogens is 229 g/mol. The van der Waals surface area contributed by atoms with E-state index in [1.807, 2.05) is 0 Å². The predicted molar refractivity (Wildman–Crippen MR) is 57.5 cm³/mol. The summed E-state index contributed by atoms with van der Waals surface area (Å²) in [4.78, 5) is 4.17. The molecule has 0 fully saturated rings. The summed E-state index contributed by atoms with van der Waals surface area (Å²) in [6, 6.07) is 3.49. The minimum atomic E-state index is 0.503. The minimum Gasteiger partial charge on any atom is -0.300 e. The van der Waals surface area contributed by atoms with Gasteiger partial charge in [-0.25, -0.2) is 10.8 Å². The van der Waals surface area contributed by atoms with Crippen LogP contribution in [-0.4, -0.2) is 4.98 Å². The summed E-state index contributed by atoms with van der Waals surface area (Å²) >= 11 is 13.1. The topological polar surface area (TPSA) is 50.9 Å². The van der Waals surface area contributed by atoms with Crippen molar-refractivity contribution in [2.24, 2.45) is 5.84 Å². The van der Waals surface area contributed by atoms with Crippen LogP contribution in [0.25, 0.3) is 10.2 Å². The molecule has 0 amide bonds. The molecule has 0 spiro atoms. The molecule has 0 aliphatic rings. The molecule has 2 aromatic rings. The predicted octanol–water partition coefficient (Wildman–Crippen LogP) is 2.89. The first-order valence-corrected chi connectivity index (χ1v) is 5.00. The first kappa shape index (κ1) is 9.02. The molecule has 6 heteroatoms. The Morgan fingerprint density at radius 1 is 1.31 bits per heavy atom. The zero-order valence-corrected chi connectivity index (χ0v) is 8.67. The van der Waals surface area contributed by atoms with Crippen molar-refractivity contribution in [1.82, 2.24) is 4.98 Å². The summed E-state index contributed by atoms with van der Waals surface area (Å²) in [6.07, 6.45) is 0. The fourth-order valence-corrected chi connectivity index (χ4v) is 2.17. The number of rotatable bonds is 1. The zero-order valence-electron chi connectivity index (χ0n) is 6.34. The van der Waals surface area contributed by atoms with E-state index < -0.39 is 0 Å². The van der Waals surface area contributed by atoms with Crippen LogP contribution in [0.3, 0.4) is 0 Å². The van der Waals surface area contributed by atoms with Crippen molar-refractivity contribution >= 4 is 49.9 Å². The Morgan fingerprint density at radius 3 is 2.69 bits per heavy atom. The molecule has 3 nitrogen and oxygen atoms in total. The monoisotopic (exact) mass is 233 g/mol. The molecule has 0 saturated heterocycles. The molecule has 0 unspecified atom stereocenters. The fraction of sp³-hybridized carbons (Fsp3) is 0. The van der Waals surface area contributed by atoms with Crippen LogP contribution < -0.4 is 11.3 Å². The number of hydrogen-bond acceptors (Lipinski definition) is 4. The average molecular weight is 234 g/mol. The molecule has 0 radical (unpaired) electrons. The molecule has 0 atom stereocenters. The van der Waals surface area contributed by atoms with Crippen LogP contribution in [0, 0.1) is 0 Å². The number of fused-ring (bicyclic) bond motifs is 1. The largest absolute Gasteiger partial charge is 0.300 e. The van der Waals surface area contributed by atoms with Crippen LogP contribution in [0.5, 0.6) is 0 Å². The maximum absolute atomic E-state index is 5.84. The molecule has 0 bridgehead atoms. The summed E-state index contributed by atoms with van der Waals surface area (Å²) in [5.74, 6) is 5.22. The number of aromatic nitrogens is 1. The summed E-state index contributed by atoms with van der Waals surface area (Å²) in [5.41, 5.74) is 3.28. The van der Waals surface area contributed by atoms with Gasteiger partial charge in [0.25, 0.3) is 0 Å². The van der Waals surface area contributed by atoms with E-state index in [1.54, 1.807) is 12.1 Å². The van der Waals surface area contributed by atoms with Crippen molar-refractivity contribution in [2.45, 2.75) is 0 Å². The Labute approximate surface area is 88.4 Å². The molecular formula is C7H5Cl2N3S. The summed E-state index contributed by atoms with van der Waals surface area (Å²) in [7, 11) is 0. The van der Waals surface area contributed by atoms with E-state index in [4.69, 9.17) is 29.0 Å². The van der Waals surface area contributed by atoms with Crippen molar-refractivity contribution in [3.05, 3.63) is 22.2 Å². The van der Waals surface area contributed by atoms with Gasteiger partial charge in [0.05, 0.1) is 20.3 Å². The van der Waals surface area contributed by atoms with E-state index in [1.165, 1.54) is 11.3 Å². The van der Waals surface area contributed by atoms with Crippen LogP contribution in [-0.2, 0) is 0 Å². The number of nitrogens with one attached hydrogen (secondary N) is 1. The third-order valence-corrected chi connectivity index (χ3v) is 3.23. The molecule has 1 heterocycles. The molecule has 3 N–H and O–H groups in total. The number of halogens is 2. The first-order valence-electron chi connectivity index (χ1n) is 3.43. The highest BCUT2D eigenvalue weighted by Gasteiger charge is 2.05. The molecule has 13 heavy (non-hydrogen) atoms. The van der Waals surface area contributed by atoms with Gasteiger partial charge >= 0.3 is 0 Å². The van der Waals surface area contributed by atoms with E-state index in [0.29, 0.717) is 15.2 Å². The number of thiazole rings is 1. The molecule has 1 aromatic heterocycles. The van der Waals surface area contributed by atoms with Gasteiger partial charge in [0.1, 0.15) is 0 Å². The molecule has 1 aromatic carbocycles. The van der Waals surface area contributed by atoms with E-state index in [9.17, 15) is 0 Å². The number of hydrazine groups is 1. The van der Waals surface area contributed by atoms with Crippen LogP contribution in [0.2, 0.25) is 10.0 Å². The molecule has 2 rings (SSSR count).